The summed E-state index contributed by atoms with van der Waals surface area (Å²) in [5.41, 5.74) is 10.7. The number of hydrogen-bond acceptors (Lipinski definition) is 3. The van der Waals surface area contributed by atoms with Crippen LogP contribution in [0.2, 0.25) is 0 Å². The number of rotatable bonds is 7. The largest absolute Gasteiger partial charge is 0.366 e. The fraction of sp³-hybridized carbons (Fsp3) is 0.0645. The van der Waals surface area contributed by atoms with Crippen molar-refractivity contribution in [2.75, 3.05) is 0 Å². The Morgan fingerprint density at radius 1 is 0.568 bits per heavy atom. The molecule has 2 aromatic heterocycles. The lowest BCUT2D eigenvalue weighted by Crippen LogP contribution is -2.22. The monoisotopic (exact) mass is 487 g/mol. The molecule has 182 valence electrons. The van der Waals surface area contributed by atoms with Crippen molar-refractivity contribution in [1.29, 1.82) is 0 Å². The minimum Gasteiger partial charge on any atom is -0.366 e. The van der Waals surface area contributed by atoms with Crippen molar-refractivity contribution in [3.63, 3.8) is 0 Å². The van der Waals surface area contributed by atoms with Crippen LogP contribution in [0.4, 0.5) is 0 Å². The first-order valence-corrected chi connectivity index (χ1v) is 11.9. The van der Waals surface area contributed by atoms with E-state index in [9.17, 15) is 14.4 Å². The fourth-order valence-corrected chi connectivity index (χ4v) is 5.03. The smallest absolute Gasteiger partial charge is 0.249 e. The summed E-state index contributed by atoms with van der Waals surface area (Å²) in [4.78, 5) is 43.1. The molecule has 0 spiro atoms. The molecule has 5 aromatic rings. The molecule has 2 atom stereocenters. The molecular weight excluding hydrogens is 462 g/mol. The number of amides is 1. The molecule has 0 saturated carbocycles. The number of H-pyrrole nitrogens is 2. The quantitative estimate of drug-likeness (QED) is 0.314. The van der Waals surface area contributed by atoms with Crippen molar-refractivity contribution in [3.05, 3.63) is 175 Å². The third-order valence-corrected chi connectivity index (χ3v) is 6.53. The van der Waals surface area contributed by atoms with Gasteiger partial charge in [-0.2, -0.15) is 0 Å². The van der Waals surface area contributed by atoms with E-state index >= 15 is 0 Å². The van der Waals surface area contributed by atoms with Crippen LogP contribution < -0.4 is 16.9 Å². The van der Waals surface area contributed by atoms with Gasteiger partial charge in [-0.25, -0.2) is 0 Å². The Morgan fingerprint density at radius 2 is 1.00 bits per heavy atom. The van der Waals surface area contributed by atoms with Gasteiger partial charge in [0.2, 0.25) is 17.0 Å². The Labute approximate surface area is 213 Å². The first-order valence-electron chi connectivity index (χ1n) is 11.9. The molecule has 1 amide bonds. The van der Waals surface area contributed by atoms with Crippen LogP contribution in [-0.2, 0) is 0 Å². The van der Waals surface area contributed by atoms with E-state index in [0.29, 0.717) is 16.7 Å². The van der Waals surface area contributed by atoms with E-state index in [-0.39, 0.29) is 11.1 Å². The van der Waals surface area contributed by atoms with Gasteiger partial charge in [-0.1, -0.05) is 78.9 Å². The highest BCUT2D eigenvalue weighted by atomic mass is 16.1. The molecule has 3 aromatic carbocycles. The number of nitrogens with one attached hydrogen (secondary N) is 2. The third kappa shape index (κ3) is 4.90. The van der Waals surface area contributed by atoms with Crippen LogP contribution >= 0.6 is 0 Å². The van der Waals surface area contributed by atoms with E-state index in [2.05, 4.69) is 9.97 Å². The lowest BCUT2D eigenvalue weighted by molar-refractivity contribution is 0.0998. The number of nitrogens with two attached hydrogens (primary N) is 1. The first-order chi connectivity index (χ1) is 18.0. The number of benzene rings is 3. The Morgan fingerprint density at radius 3 is 1.38 bits per heavy atom. The number of pyridine rings is 2. The molecule has 0 aliphatic heterocycles. The number of aromatic amines is 2. The molecule has 0 fully saturated rings. The van der Waals surface area contributed by atoms with E-state index in [1.807, 2.05) is 91.0 Å². The van der Waals surface area contributed by atoms with E-state index < -0.39 is 17.7 Å². The summed E-state index contributed by atoms with van der Waals surface area (Å²) < 4.78 is 0. The van der Waals surface area contributed by atoms with Crippen LogP contribution in [0.15, 0.2) is 125 Å². The van der Waals surface area contributed by atoms with Gasteiger partial charge >= 0.3 is 0 Å². The van der Waals surface area contributed by atoms with Gasteiger partial charge < -0.3 is 15.7 Å². The van der Waals surface area contributed by atoms with Crippen molar-refractivity contribution >= 4 is 5.91 Å². The zero-order valence-corrected chi connectivity index (χ0v) is 19.9. The van der Waals surface area contributed by atoms with Crippen molar-refractivity contribution < 1.29 is 4.79 Å². The van der Waals surface area contributed by atoms with Gasteiger partial charge in [-0.05, 0) is 45.5 Å². The normalized spacial score (nSPS) is 12.5. The van der Waals surface area contributed by atoms with Crippen molar-refractivity contribution in [3.8, 4) is 0 Å². The van der Waals surface area contributed by atoms with Crippen LogP contribution in [0.1, 0.15) is 55.6 Å². The number of carbonyl (C=O) groups is 1. The predicted octanol–water partition coefficient (Wildman–Crippen LogP) is 4.52. The minimum atomic E-state index is -0.581. The summed E-state index contributed by atoms with van der Waals surface area (Å²) >= 11 is 0. The summed E-state index contributed by atoms with van der Waals surface area (Å²) in [6, 6.07) is 31.8. The van der Waals surface area contributed by atoms with Crippen LogP contribution in [0, 0.1) is 0 Å². The zero-order chi connectivity index (χ0) is 25.8. The van der Waals surface area contributed by atoms with Gasteiger partial charge in [0.1, 0.15) is 0 Å². The van der Waals surface area contributed by atoms with Crippen LogP contribution in [0.25, 0.3) is 0 Å². The number of hydrogen-bond donors (Lipinski definition) is 3. The number of carbonyl (C=O) groups excluding carboxylic acids is 1. The lowest BCUT2D eigenvalue weighted by atomic mass is 9.77. The number of aromatic nitrogens is 2. The second kappa shape index (κ2) is 10.3. The minimum absolute atomic E-state index is 0.235. The second-order valence-corrected chi connectivity index (χ2v) is 8.84. The molecule has 6 nitrogen and oxygen atoms in total. The zero-order valence-electron chi connectivity index (χ0n) is 19.9. The maximum Gasteiger partial charge on any atom is 0.249 e. The van der Waals surface area contributed by atoms with Gasteiger partial charge in [0.05, 0.1) is 0 Å². The summed E-state index contributed by atoms with van der Waals surface area (Å²) in [5, 5.41) is 0. The van der Waals surface area contributed by atoms with Crippen molar-refractivity contribution in [2.45, 2.75) is 11.8 Å². The van der Waals surface area contributed by atoms with Gasteiger partial charge in [0.25, 0.3) is 0 Å². The molecule has 2 unspecified atom stereocenters. The molecule has 4 N–H and O–H groups in total. The van der Waals surface area contributed by atoms with Gasteiger partial charge in [-0.3, -0.25) is 14.4 Å². The predicted molar refractivity (Wildman–Crippen MR) is 144 cm³/mol. The SMILES string of the molecule is NC(=O)c1c(C(c2ccccc2)c2cc[nH]c(=O)c2)cccc1C(c1ccccc1)c1cc[nH]c(=O)c1. The summed E-state index contributed by atoms with van der Waals surface area (Å²) in [6.45, 7) is 0. The summed E-state index contributed by atoms with van der Waals surface area (Å²) in [6.07, 6.45) is 3.20. The number of primary amides is 1. The first kappa shape index (κ1) is 23.8. The maximum absolute atomic E-state index is 13.2. The van der Waals surface area contributed by atoms with Crippen LogP contribution in [0.3, 0.4) is 0 Å². The fourth-order valence-electron chi connectivity index (χ4n) is 5.03. The highest BCUT2D eigenvalue weighted by molar-refractivity contribution is 5.97. The third-order valence-electron chi connectivity index (χ3n) is 6.53. The Hall–Kier alpha value is -4.97. The Kier molecular flexibility index (Phi) is 6.64. The Bertz CT molecular complexity index is 1540. The van der Waals surface area contributed by atoms with E-state index in [0.717, 1.165) is 22.3 Å². The molecular formula is C31H25N3O3. The molecule has 0 aliphatic carbocycles. The van der Waals surface area contributed by atoms with Crippen LogP contribution in [0.5, 0.6) is 0 Å². The average Bonchev–Trinajstić information content (AvgIpc) is 2.90. The molecule has 0 saturated heterocycles. The second-order valence-electron chi connectivity index (χ2n) is 8.84. The standard InChI is InChI=1S/C31H25N3O3/c32-31(37)30-24(28(20-8-3-1-4-9-20)22-14-16-33-26(35)18-22)12-7-13-25(30)29(21-10-5-2-6-11-21)23-15-17-34-27(36)19-23/h1-19,28-29H,(H2,32,37)(H,33,35)(H,34,36). The Balaban J connectivity index is 1.81. The van der Waals surface area contributed by atoms with E-state index in [1.165, 1.54) is 0 Å². The average molecular weight is 488 g/mol. The van der Waals surface area contributed by atoms with Crippen molar-refractivity contribution in [1.82, 2.24) is 9.97 Å². The molecule has 0 bridgehead atoms. The lowest BCUT2D eigenvalue weighted by Gasteiger charge is -2.26. The molecule has 2 heterocycles. The van der Waals surface area contributed by atoms with E-state index in [4.69, 9.17) is 5.73 Å². The topological polar surface area (TPSA) is 109 Å². The van der Waals surface area contributed by atoms with Crippen molar-refractivity contribution in [2.24, 2.45) is 5.73 Å². The molecule has 0 aliphatic rings. The van der Waals surface area contributed by atoms with Gasteiger partial charge in [0, 0.05) is 41.9 Å². The summed E-state index contributed by atoms with van der Waals surface area (Å²) in [7, 11) is 0. The highest BCUT2D eigenvalue weighted by Crippen LogP contribution is 2.39. The van der Waals surface area contributed by atoms with Gasteiger partial charge in [0.15, 0.2) is 0 Å². The molecule has 37 heavy (non-hydrogen) atoms. The highest BCUT2D eigenvalue weighted by Gasteiger charge is 2.28. The molecule has 0 radical (unpaired) electrons. The molecule has 5 rings (SSSR count). The van der Waals surface area contributed by atoms with Gasteiger partial charge in [-0.15, -0.1) is 0 Å². The van der Waals surface area contributed by atoms with E-state index in [1.54, 1.807) is 24.5 Å². The maximum atomic E-state index is 13.2. The summed E-state index contributed by atoms with van der Waals surface area (Å²) in [5.74, 6) is -1.41. The van der Waals surface area contributed by atoms with Crippen LogP contribution in [-0.4, -0.2) is 15.9 Å². The molecule has 6 heteroatoms.